The molecule has 3 aromatic carbocycles. The molecule has 0 radical (unpaired) electrons. The number of ether oxygens (including phenoxy) is 4. The highest BCUT2D eigenvalue weighted by Crippen LogP contribution is 2.42. The Balaban J connectivity index is 1.50. The van der Waals surface area contributed by atoms with Gasteiger partial charge in [0.25, 0.3) is 11.7 Å². The predicted octanol–water partition coefficient (Wildman–Crippen LogP) is 4.74. The van der Waals surface area contributed by atoms with Crippen LogP contribution < -0.4 is 14.2 Å². The first-order chi connectivity index (χ1) is 20.9. The molecule has 0 aliphatic carbocycles. The summed E-state index contributed by atoms with van der Waals surface area (Å²) < 4.78 is 22.7. The standard InChI is InChI=1S/C34H38N2O7/c1-4-42-28-13-10-25(21-29(28)40-3)31-30(33(38)34(39)36(31)15-14-35-16-18-41-19-17-35)32(37)27-12-11-26(20-23(27)2)43-22-24-8-6-5-7-9-24/h5-13,20-21,31,37H,4,14-19,22H2,1-3H3/b32-30+. The quantitative estimate of drug-likeness (QED) is 0.196. The molecular weight excluding hydrogens is 548 g/mol. The van der Waals surface area contributed by atoms with Crippen LogP contribution in [0.4, 0.5) is 0 Å². The van der Waals surface area contributed by atoms with E-state index in [1.165, 1.54) is 0 Å². The van der Waals surface area contributed by atoms with Crippen LogP contribution in [0.2, 0.25) is 0 Å². The number of aryl methyl sites for hydroxylation is 1. The molecule has 2 heterocycles. The molecule has 5 rings (SSSR count). The zero-order valence-electron chi connectivity index (χ0n) is 24.9. The van der Waals surface area contributed by atoms with E-state index in [0.717, 1.165) is 18.7 Å². The largest absolute Gasteiger partial charge is 0.507 e. The first-order valence-corrected chi connectivity index (χ1v) is 14.6. The minimum Gasteiger partial charge on any atom is -0.507 e. The number of hydrogen-bond acceptors (Lipinski definition) is 8. The lowest BCUT2D eigenvalue weighted by Crippen LogP contribution is -2.42. The molecular formula is C34H38N2O7. The van der Waals surface area contributed by atoms with Crippen LogP contribution >= 0.6 is 0 Å². The third kappa shape index (κ3) is 6.68. The molecule has 0 aromatic heterocycles. The molecule has 0 bridgehead atoms. The summed E-state index contributed by atoms with van der Waals surface area (Å²) in [7, 11) is 1.54. The first kappa shape index (κ1) is 30.1. The monoisotopic (exact) mass is 586 g/mol. The third-order valence-electron chi connectivity index (χ3n) is 7.81. The number of likely N-dealkylation sites (tertiary alicyclic amines) is 1. The number of morpholine rings is 1. The summed E-state index contributed by atoms with van der Waals surface area (Å²) in [4.78, 5) is 30.9. The van der Waals surface area contributed by atoms with Crippen molar-refractivity contribution in [3.8, 4) is 17.2 Å². The lowest BCUT2D eigenvalue weighted by molar-refractivity contribution is -0.140. The van der Waals surface area contributed by atoms with Crippen molar-refractivity contribution in [1.29, 1.82) is 0 Å². The van der Waals surface area contributed by atoms with Crippen LogP contribution in [0.1, 0.15) is 35.2 Å². The Morgan fingerprint density at radius 1 is 0.953 bits per heavy atom. The Hall–Kier alpha value is -4.34. The number of aliphatic hydroxyl groups excluding tert-OH is 1. The van der Waals surface area contributed by atoms with Crippen LogP contribution in [-0.4, -0.2) is 79.7 Å². The van der Waals surface area contributed by atoms with E-state index >= 15 is 0 Å². The van der Waals surface area contributed by atoms with Crippen LogP contribution in [0, 0.1) is 6.92 Å². The lowest BCUT2D eigenvalue weighted by Gasteiger charge is -2.31. The molecule has 9 nitrogen and oxygen atoms in total. The van der Waals surface area contributed by atoms with Crippen LogP contribution in [-0.2, 0) is 20.9 Å². The fraction of sp³-hybridized carbons (Fsp3) is 0.353. The van der Waals surface area contributed by atoms with E-state index in [9.17, 15) is 14.7 Å². The van der Waals surface area contributed by atoms with E-state index in [-0.39, 0.29) is 11.3 Å². The van der Waals surface area contributed by atoms with Gasteiger partial charge >= 0.3 is 0 Å². The van der Waals surface area contributed by atoms with Crippen LogP contribution in [0.25, 0.3) is 5.76 Å². The fourth-order valence-corrected chi connectivity index (χ4v) is 5.54. The number of carbonyl (C=O) groups is 2. The van der Waals surface area contributed by atoms with Crippen LogP contribution in [0.15, 0.2) is 72.3 Å². The smallest absolute Gasteiger partial charge is 0.295 e. The Labute approximate surface area is 252 Å². The van der Waals surface area contributed by atoms with E-state index < -0.39 is 17.7 Å². The third-order valence-corrected chi connectivity index (χ3v) is 7.81. The normalized spacial score (nSPS) is 18.6. The zero-order valence-corrected chi connectivity index (χ0v) is 24.9. The van der Waals surface area contributed by atoms with Gasteiger partial charge in [-0.2, -0.15) is 0 Å². The van der Waals surface area contributed by atoms with Crippen molar-refractivity contribution in [1.82, 2.24) is 9.80 Å². The second kappa shape index (κ2) is 13.8. The van der Waals surface area contributed by atoms with Gasteiger partial charge in [0.15, 0.2) is 11.5 Å². The first-order valence-electron chi connectivity index (χ1n) is 14.6. The van der Waals surface area contributed by atoms with Gasteiger partial charge in [-0.1, -0.05) is 36.4 Å². The highest BCUT2D eigenvalue weighted by Gasteiger charge is 2.46. The number of amides is 1. The number of ketones is 1. The summed E-state index contributed by atoms with van der Waals surface area (Å²) in [6.45, 7) is 8.23. The summed E-state index contributed by atoms with van der Waals surface area (Å²) in [5, 5.41) is 11.7. The van der Waals surface area contributed by atoms with Crippen molar-refractivity contribution >= 4 is 17.4 Å². The van der Waals surface area contributed by atoms with Crippen LogP contribution in [0.5, 0.6) is 17.2 Å². The summed E-state index contributed by atoms with van der Waals surface area (Å²) in [5.41, 5.74) is 2.89. The number of Topliss-reactive ketones (excluding diaryl/α,β-unsaturated/α-hetero) is 1. The molecule has 2 fully saturated rings. The summed E-state index contributed by atoms with van der Waals surface area (Å²) >= 11 is 0. The molecule has 0 spiro atoms. The number of benzene rings is 3. The van der Waals surface area contributed by atoms with Crippen molar-refractivity contribution in [2.45, 2.75) is 26.5 Å². The van der Waals surface area contributed by atoms with Gasteiger partial charge in [-0.25, -0.2) is 0 Å². The maximum Gasteiger partial charge on any atom is 0.295 e. The summed E-state index contributed by atoms with van der Waals surface area (Å²) in [5.74, 6) is 0.0817. The minimum absolute atomic E-state index is 0.0410. The highest BCUT2D eigenvalue weighted by atomic mass is 16.5. The van der Waals surface area contributed by atoms with Crippen LogP contribution in [0.3, 0.4) is 0 Å². The van der Waals surface area contributed by atoms with Crippen molar-refractivity contribution in [3.63, 3.8) is 0 Å². The van der Waals surface area contributed by atoms with Gasteiger partial charge in [0.1, 0.15) is 18.1 Å². The average molecular weight is 587 g/mol. The fourth-order valence-electron chi connectivity index (χ4n) is 5.54. The Kier molecular flexibility index (Phi) is 9.64. The maximum atomic E-state index is 13.6. The number of rotatable bonds is 11. The van der Waals surface area contributed by atoms with Crippen molar-refractivity contribution in [2.75, 3.05) is 53.1 Å². The number of nitrogens with zero attached hydrogens (tertiary/aromatic N) is 2. The number of aliphatic hydroxyl groups is 1. The van der Waals surface area contributed by atoms with E-state index in [0.29, 0.717) is 73.5 Å². The Morgan fingerprint density at radius 2 is 1.72 bits per heavy atom. The van der Waals surface area contributed by atoms with Gasteiger partial charge in [0.2, 0.25) is 0 Å². The van der Waals surface area contributed by atoms with Gasteiger partial charge < -0.3 is 29.0 Å². The van der Waals surface area contributed by atoms with Crippen molar-refractivity contribution < 1.29 is 33.6 Å². The molecule has 1 unspecified atom stereocenters. The van der Waals surface area contributed by atoms with E-state index in [2.05, 4.69) is 4.90 Å². The minimum atomic E-state index is -0.806. The van der Waals surface area contributed by atoms with Gasteiger partial charge in [-0.05, 0) is 60.9 Å². The number of methoxy groups -OCH3 is 1. The molecule has 43 heavy (non-hydrogen) atoms. The highest BCUT2D eigenvalue weighted by molar-refractivity contribution is 6.46. The zero-order chi connectivity index (χ0) is 30.3. The van der Waals surface area contributed by atoms with E-state index in [1.807, 2.05) is 56.3 Å². The van der Waals surface area contributed by atoms with Crippen molar-refractivity contribution in [3.05, 3.63) is 94.6 Å². The summed E-state index contributed by atoms with van der Waals surface area (Å²) in [6, 6.07) is 19.7. The topological polar surface area (TPSA) is 97.8 Å². The molecule has 2 saturated heterocycles. The van der Waals surface area contributed by atoms with Crippen molar-refractivity contribution in [2.24, 2.45) is 0 Å². The molecule has 226 valence electrons. The molecule has 0 saturated carbocycles. The van der Waals surface area contributed by atoms with Gasteiger partial charge in [-0.15, -0.1) is 0 Å². The maximum absolute atomic E-state index is 13.6. The molecule has 1 N–H and O–H groups in total. The second-order valence-electron chi connectivity index (χ2n) is 10.5. The van der Waals surface area contributed by atoms with Gasteiger partial charge in [0, 0.05) is 31.7 Å². The molecule has 9 heteroatoms. The Morgan fingerprint density at radius 3 is 2.42 bits per heavy atom. The lowest BCUT2D eigenvalue weighted by atomic mass is 9.93. The molecule has 1 atom stereocenters. The van der Waals surface area contributed by atoms with E-state index in [4.69, 9.17) is 18.9 Å². The number of hydrogen-bond donors (Lipinski definition) is 1. The molecule has 1 amide bonds. The van der Waals surface area contributed by atoms with Gasteiger partial charge in [-0.3, -0.25) is 14.5 Å². The second-order valence-corrected chi connectivity index (χ2v) is 10.5. The average Bonchev–Trinajstić information content (AvgIpc) is 3.29. The van der Waals surface area contributed by atoms with Gasteiger partial charge in [0.05, 0.1) is 38.5 Å². The SMILES string of the molecule is CCOc1ccc(C2/C(=C(\O)c3ccc(OCc4ccccc4)cc3C)C(=O)C(=O)N2CCN2CCOCC2)cc1OC. The molecule has 3 aromatic rings. The number of carbonyl (C=O) groups excluding carboxylic acids is 2. The Bertz CT molecular complexity index is 1480. The predicted molar refractivity (Wildman–Crippen MR) is 162 cm³/mol. The van der Waals surface area contributed by atoms with E-state index in [1.54, 1.807) is 36.3 Å². The molecule has 2 aliphatic heterocycles. The molecule has 2 aliphatic rings. The summed E-state index contributed by atoms with van der Waals surface area (Å²) in [6.07, 6.45) is 0.